The Morgan fingerprint density at radius 1 is 1.25 bits per heavy atom. The van der Waals surface area contributed by atoms with Crippen molar-refractivity contribution in [3.8, 4) is 0 Å². The zero-order chi connectivity index (χ0) is 12.3. The van der Waals surface area contributed by atoms with Gasteiger partial charge in [-0.15, -0.1) is 0 Å². The topological polar surface area (TPSA) is 29.5 Å². The Bertz CT molecular complexity index is 251. The van der Waals surface area contributed by atoms with Gasteiger partial charge in [0.25, 0.3) is 5.95 Å². The maximum absolute atomic E-state index is 9.72. The molecule has 0 bridgehead atoms. The van der Waals surface area contributed by atoms with Crippen LogP contribution in [0.2, 0.25) is 0 Å². The molecule has 1 saturated carbocycles. The van der Waals surface area contributed by atoms with Gasteiger partial charge in [-0.2, -0.15) is 0 Å². The van der Waals surface area contributed by atoms with Gasteiger partial charge in [-0.05, 0) is 44.4 Å². The highest BCUT2D eigenvalue weighted by Gasteiger charge is 2.32. The Balaban J connectivity index is 2.68. The summed E-state index contributed by atoms with van der Waals surface area (Å²) in [4.78, 5) is 0. The Hall–Kier alpha value is -0.660. The summed E-state index contributed by atoms with van der Waals surface area (Å²) in [5.41, 5.74) is 0.862. The van der Waals surface area contributed by atoms with E-state index in [4.69, 9.17) is 4.74 Å². The van der Waals surface area contributed by atoms with Crippen molar-refractivity contribution in [1.29, 1.82) is 0 Å². The summed E-state index contributed by atoms with van der Waals surface area (Å²) < 4.78 is 5.73. The van der Waals surface area contributed by atoms with Crippen LogP contribution in [-0.4, -0.2) is 11.2 Å². The standard InChI is InChI=1S/C14H26O2/c1-9(2)12-7-6-11(5)8-13(12)16-14(15)10(3)4/h9,11-13,15H,6-8H2,1-5H3/t11-,12+,13-/m1/s1. The fourth-order valence-electron chi connectivity index (χ4n) is 2.51. The first kappa shape index (κ1) is 13.4. The lowest BCUT2D eigenvalue weighted by atomic mass is 9.75. The van der Waals surface area contributed by atoms with Crippen molar-refractivity contribution in [1.82, 2.24) is 0 Å². The predicted octanol–water partition coefficient (Wildman–Crippen LogP) is 4.27. The van der Waals surface area contributed by atoms with Crippen LogP contribution in [0.25, 0.3) is 0 Å². The van der Waals surface area contributed by atoms with Crippen LogP contribution in [0, 0.1) is 17.8 Å². The molecule has 0 heterocycles. The Morgan fingerprint density at radius 3 is 2.38 bits per heavy atom. The molecule has 1 aliphatic carbocycles. The maximum Gasteiger partial charge on any atom is 0.275 e. The summed E-state index contributed by atoms with van der Waals surface area (Å²) in [7, 11) is 0. The van der Waals surface area contributed by atoms with Gasteiger partial charge in [0.15, 0.2) is 0 Å². The molecule has 1 rings (SSSR count). The van der Waals surface area contributed by atoms with Crippen LogP contribution in [0.4, 0.5) is 0 Å². The summed E-state index contributed by atoms with van der Waals surface area (Å²) in [6.45, 7) is 10.5. The van der Waals surface area contributed by atoms with Crippen LogP contribution < -0.4 is 0 Å². The third kappa shape index (κ3) is 3.43. The van der Waals surface area contributed by atoms with E-state index in [0.717, 1.165) is 12.0 Å². The van der Waals surface area contributed by atoms with Crippen molar-refractivity contribution < 1.29 is 9.84 Å². The van der Waals surface area contributed by atoms with Gasteiger partial charge in [0.1, 0.15) is 6.10 Å². The SMILES string of the molecule is CC(C)=C(O)O[C@@H]1C[C@H](C)CC[C@H]1C(C)C. The number of rotatable bonds is 3. The minimum atomic E-state index is 0.129. The lowest BCUT2D eigenvalue weighted by Crippen LogP contribution is -2.34. The lowest BCUT2D eigenvalue weighted by molar-refractivity contribution is -0.0457. The minimum Gasteiger partial charge on any atom is -0.481 e. The molecule has 0 aromatic carbocycles. The van der Waals surface area contributed by atoms with Crippen LogP contribution in [0.5, 0.6) is 0 Å². The van der Waals surface area contributed by atoms with Gasteiger partial charge >= 0.3 is 0 Å². The van der Waals surface area contributed by atoms with Crippen molar-refractivity contribution in [2.75, 3.05) is 0 Å². The molecule has 94 valence electrons. The molecule has 0 unspecified atom stereocenters. The Kier molecular flexibility index (Phi) is 4.69. The summed E-state index contributed by atoms with van der Waals surface area (Å²) in [5, 5.41) is 9.72. The van der Waals surface area contributed by atoms with Gasteiger partial charge in [-0.1, -0.05) is 27.2 Å². The van der Waals surface area contributed by atoms with E-state index in [1.807, 2.05) is 13.8 Å². The second kappa shape index (κ2) is 5.60. The maximum atomic E-state index is 9.72. The van der Waals surface area contributed by atoms with Crippen LogP contribution >= 0.6 is 0 Å². The number of aliphatic hydroxyl groups is 1. The van der Waals surface area contributed by atoms with E-state index >= 15 is 0 Å². The van der Waals surface area contributed by atoms with Crippen LogP contribution in [0.3, 0.4) is 0 Å². The third-order valence-electron chi connectivity index (χ3n) is 3.65. The van der Waals surface area contributed by atoms with E-state index in [0.29, 0.717) is 17.8 Å². The van der Waals surface area contributed by atoms with Crippen LogP contribution in [0.1, 0.15) is 53.9 Å². The second-order valence-electron chi connectivity index (χ2n) is 5.79. The average Bonchev–Trinajstić information content (AvgIpc) is 2.16. The quantitative estimate of drug-likeness (QED) is 0.728. The monoisotopic (exact) mass is 226 g/mol. The van der Waals surface area contributed by atoms with Gasteiger partial charge < -0.3 is 9.84 Å². The highest BCUT2D eigenvalue weighted by molar-refractivity contribution is 4.95. The lowest BCUT2D eigenvalue weighted by Gasteiger charge is -2.37. The van der Waals surface area contributed by atoms with Crippen LogP contribution in [-0.2, 0) is 4.74 Å². The Morgan fingerprint density at radius 2 is 1.88 bits per heavy atom. The molecule has 0 radical (unpaired) electrons. The van der Waals surface area contributed by atoms with Crippen molar-refractivity contribution >= 4 is 0 Å². The van der Waals surface area contributed by atoms with Gasteiger partial charge in [-0.25, -0.2) is 0 Å². The molecule has 1 aliphatic rings. The highest BCUT2D eigenvalue weighted by Crippen LogP contribution is 2.36. The second-order valence-corrected chi connectivity index (χ2v) is 5.79. The van der Waals surface area contributed by atoms with Crippen LogP contribution in [0.15, 0.2) is 11.5 Å². The summed E-state index contributed by atoms with van der Waals surface area (Å²) in [5.74, 6) is 2.05. The first-order valence-corrected chi connectivity index (χ1v) is 6.45. The smallest absolute Gasteiger partial charge is 0.275 e. The van der Waals surface area contributed by atoms with E-state index in [-0.39, 0.29) is 12.0 Å². The van der Waals surface area contributed by atoms with E-state index in [1.54, 1.807) is 0 Å². The first-order chi connectivity index (χ1) is 7.41. The Labute approximate surface area is 99.7 Å². The molecule has 3 atom stereocenters. The average molecular weight is 226 g/mol. The van der Waals surface area contributed by atoms with Gasteiger partial charge in [0.05, 0.1) is 0 Å². The fourth-order valence-corrected chi connectivity index (χ4v) is 2.51. The van der Waals surface area contributed by atoms with Crippen molar-refractivity contribution in [3.63, 3.8) is 0 Å². The molecule has 1 N–H and O–H groups in total. The highest BCUT2D eigenvalue weighted by atomic mass is 16.6. The minimum absolute atomic E-state index is 0.129. The van der Waals surface area contributed by atoms with E-state index in [2.05, 4.69) is 20.8 Å². The van der Waals surface area contributed by atoms with E-state index in [9.17, 15) is 5.11 Å². The molecule has 1 fully saturated rings. The van der Waals surface area contributed by atoms with Gasteiger partial charge in [-0.3, -0.25) is 0 Å². The molecule has 0 aliphatic heterocycles. The van der Waals surface area contributed by atoms with Gasteiger partial charge in [0, 0.05) is 5.57 Å². The predicted molar refractivity (Wildman–Crippen MR) is 67.2 cm³/mol. The molecule has 0 aromatic heterocycles. The molecule has 2 nitrogen and oxygen atoms in total. The van der Waals surface area contributed by atoms with Gasteiger partial charge in [0.2, 0.25) is 0 Å². The molecule has 16 heavy (non-hydrogen) atoms. The first-order valence-electron chi connectivity index (χ1n) is 6.45. The number of aliphatic hydroxyl groups excluding tert-OH is 1. The summed E-state index contributed by atoms with van der Waals surface area (Å²) in [6, 6.07) is 0. The van der Waals surface area contributed by atoms with Crippen molar-refractivity contribution in [2.45, 2.75) is 60.0 Å². The normalized spacial score (nSPS) is 30.2. The summed E-state index contributed by atoms with van der Waals surface area (Å²) >= 11 is 0. The molecule has 0 saturated heterocycles. The fraction of sp³-hybridized carbons (Fsp3) is 0.857. The van der Waals surface area contributed by atoms with Crippen molar-refractivity contribution in [2.24, 2.45) is 17.8 Å². The largest absolute Gasteiger partial charge is 0.481 e. The summed E-state index contributed by atoms with van der Waals surface area (Å²) in [6.07, 6.45) is 3.77. The zero-order valence-corrected chi connectivity index (χ0v) is 11.3. The molecular weight excluding hydrogens is 200 g/mol. The number of allylic oxidation sites excluding steroid dienone is 1. The van der Waals surface area contributed by atoms with Crippen molar-refractivity contribution in [3.05, 3.63) is 11.5 Å². The molecular formula is C14H26O2. The third-order valence-corrected chi connectivity index (χ3v) is 3.65. The zero-order valence-electron chi connectivity index (χ0n) is 11.3. The van der Waals surface area contributed by atoms with E-state index in [1.165, 1.54) is 12.8 Å². The molecule has 0 aromatic rings. The number of ether oxygens (including phenoxy) is 1. The molecule has 0 spiro atoms. The number of hydrogen-bond donors (Lipinski definition) is 1. The number of hydrogen-bond acceptors (Lipinski definition) is 2. The van der Waals surface area contributed by atoms with E-state index < -0.39 is 0 Å². The molecule has 2 heteroatoms. The molecule has 0 amide bonds.